The summed E-state index contributed by atoms with van der Waals surface area (Å²) in [4.78, 5) is 12.1. The molecule has 4 N–H and O–H groups in total. The van der Waals surface area contributed by atoms with Crippen LogP contribution in [0.3, 0.4) is 0 Å². The number of aryl methyl sites for hydroxylation is 1. The van der Waals surface area contributed by atoms with E-state index in [2.05, 4.69) is 93.9 Å². The fraction of sp³-hybridized carbons (Fsp3) is 0.308. The predicted molar refractivity (Wildman–Crippen MR) is 136 cm³/mol. The third kappa shape index (κ3) is 6.15. The van der Waals surface area contributed by atoms with Gasteiger partial charge in [0.1, 0.15) is 5.82 Å². The average Bonchev–Trinajstić information content (AvgIpc) is 3.29. The van der Waals surface area contributed by atoms with Crippen LogP contribution in [0.1, 0.15) is 30.3 Å². The highest BCUT2D eigenvalue weighted by Crippen LogP contribution is 2.28. The Bertz CT molecular complexity index is 1030. The van der Waals surface area contributed by atoms with Crippen molar-refractivity contribution in [3.63, 3.8) is 0 Å². The summed E-state index contributed by atoms with van der Waals surface area (Å²) in [5.74, 6) is 0.962. The first kappa shape index (κ1) is 23.4. The van der Waals surface area contributed by atoms with Crippen LogP contribution >= 0.6 is 0 Å². The number of benzene rings is 2. The molecule has 6 nitrogen and oxygen atoms in total. The number of nitrogens with zero attached hydrogens (tertiary/aromatic N) is 2. The number of aliphatic imine (C=N–C) groups is 1. The van der Waals surface area contributed by atoms with Gasteiger partial charge in [-0.15, -0.1) is 0 Å². The molecule has 0 aliphatic heterocycles. The molecule has 1 aromatic heterocycles. The van der Waals surface area contributed by atoms with Crippen LogP contribution in [0.25, 0.3) is 28.1 Å². The Morgan fingerprint density at radius 3 is 2.50 bits per heavy atom. The SMILES string of the molecule is C=N/C(=C\NCCNC)c1ccc(-c2ccc(-c3cnc(CNCCC)[nH]3)cc2)cc1C. The number of hydrogen-bond donors (Lipinski definition) is 4. The van der Waals surface area contributed by atoms with Crippen LogP contribution in [0.2, 0.25) is 0 Å². The molecule has 0 saturated carbocycles. The van der Waals surface area contributed by atoms with Crippen LogP contribution in [0.5, 0.6) is 0 Å². The number of rotatable bonds is 12. The number of aromatic nitrogens is 2. The molecule has 0 unspecified atom stereocenters. The van der Waals surface area contributed by atoms with Gasteiger partial charge < -0.3 is 20.9 Å². The van der Waals surface area contributed by atoms with Gasteiger partial charge in [0.2, 0.25) is 0 Å². The smallest absolute Gasteiger partial charge is 0.120 e. The Balaban J connectivity index is 1.72. The van der Waals surface area contributed by atoms with Crippen molar-refractivity contribution in [2.24, 2.45) is 4.99 Å². The van der Waals surface area contributed by atoms with E-state index in [0.29, 0.717) is 0 Å². The molecule has 0 spiro atoms. The van der Waals surface area contributed by atoms with Crippen LogP contribution in [-0.2, 0) is 6.54 Å². The van der Waals surface area contributed by atoms with Crippen LogP contribution in [0.4, 0.5) is 0 Å². The second-order valence-electron chi connectivity index (χ2n) is 7.77. The normalized spacial score (nSPS) is 11.5. The summed E-state index contributed by atoms with van der Waals surface area (Å²) >= 11 is 0. The van der Waals surface area contributed by atoms with Crippen LogP contribution in [-0.4, -0.2) is 43.4 Å². The zero-order chi connectivity index (χ0) is 22.8. The lowest BCUT2D eigenvalue weighted by Crippen LogP contribution is -2.21. The Labute approximate surface area is 191 Å². The fourth-order valence-corrected chi connectivity index (χ4v) is 3.53. The Hall–Kier alpha value is -3.22. The quantitative estimate of drug-likeness (QED) is 0.254. The zero-order valence-corrected chi connectivity index (χ0v) is 19.3. The van der Waals surface area contributed by atoms with E-state index in [1.165, 1.54) is 16.7 Å². The molecule has 0 saturated heterocycles. The van der Waals surface area contributed by atoms with Crippen molar-refractivity contribution < 1.29 is 0 Å². The highest BCUT2D eigenvalue weighted by molar-refractivity contribution is 5.75. The van der Waals surface area contributed by atoms with Gasteiger partial charge >= 0.3 is 0 Å². The highest BCUT2D eigenvalue weighted by atomic mass is 15.0. The molecule has 6 heteroatoms. The van der Waals surface area contributed by atoms with Crippen molar-refractivity contribution in [1.29, 1.82) is 0 Å². The summed E-state index contributed by atoms with van der Waals surface area (Å²) in [7, 11) is 1.94. The molecule has 0 fully saturated rings. The van der Waals surface area contributed by atoms with Crippen LogP contribution in [0, 0.1) is 6.92 Å². The van der Waals surface area contributed by atoms with E-state index in [-0.39, 0.29) is 0 Å². The fourth-order valence-electron chi connectivity index (χ4n) is 3.53. The standard InChI is InChI=1S/C26H34N6/c1-5-12-29-18-26-31-17-24(32-26)21-8-6-20(7-9-21)22-10-11-23(19(2)15-22)25(28-4)16-30-14-13-27-3/h6-11,15-17,27,29-30H,4-5,12-14,18H2,1-3H3,(H,31,32)/b25-16-. The molecule has 0 aliphatic carbocycles. The third-order valence-corrected chi connectivity index (χ3v) is 5.31. The van der Waals surface area contributed by atoms with Crippen LogP contribution in [0.15, 0.2) is 59.9 Å². The number of hydrogen-bond acceptors (Lipinski definition) is 5. The molecule has 0 aliphatic rings. The zero-order valence-electron chi connectivity index (χ0n) is 19.3. The summed E-state index contributed by atoms with van der Waals surface area (Å²) < 4.78 is 0. The minimum Gasteiger partial charge on any atom is -0.388 e. The van der Waals surface area contributed by atoms with E-state index in [1.54, 1.807) is 0 Å². The van der Waals surface area contributed by atoms with Crippen molar-refractivity contribution in [2.45, 2.75) is 26.8 Å². The minimum atomic E-state index is 0.762. The molecule has 3 rings (SSSR count). The first-order valence-corrected chi connectivity index (χ1v) is 11.2. The van der Waals surface area contributed by atoms with Crippen molar-refractivity contribution in [3.8, 4) is 22.4 Å². The van der Waals surface area contributed by atoms with Crippen LogP contribution < -0.4 is 16.0 Å². The van der Waals surface area contributed by atoms with Crippen molar-refractivity contribution in [2.75, 3.05) is 26.7 Å². The van der Waals surface area contributed by atoms with E-state index in [9.17, 15) is 0 Å². The van der Waals surface area contributed by atoms with Gasteiger partial charge in [0, 0.05) is 24.9 Å². The number of nitrogens with one attached hydrogen (secondary N) is 4. The maximum atomic E-state index is 4.48. The number of H-pyrrole nitrogens is 1. The summed E-state index contributed by atoms with van der Waals surface area (Å²) in [5.41, 5.74) is 7.62. The largest absolute Gasteiger partial charge is 0.388 e. The van der Waals surface area contributed by atoms with Gasteiger partial charge in [-0.2, -0.15) is 0 Å². The Morgan fingerprint density at radius 2 is 1.81 bits per heavy atom. The lowest BCUT2D eigenvalue weighted by Gasteiger charge is -2.10. The Morgan fingerprint density at radius 1 is 1.06 bits per heavy atom. The average molecular weight is 431 g/mol. The van der Waals surface area contributed by atoms with Gasteiger partial charge in [0.05, 0.1) is 24.1 Å². The van der Waals surface area contributed by atoms with Crippen molar-refractivity contribution in [1.82, 2.24) is 25.9 Å². The summed E-state index contributed by atoms with van der Waals surface area (Å²) in [5, 5.41) is 9.76. The molecule has 1 heterocycles. The van der Waals surface area contributed by atoms with Crippen molar-refractivity contribution >= 4 is 12.4 Å². The number of likely N-dealkylation sites (N-methyl/N-ethyl adjacent to an activating group) is 1. The molecule has 3 aromatic rings. The first-order valence-electron chi connectivity index (χ1n) is 11.2. The highest BCUT2D eigenvalue weighted by Gasteiger charge is 2.08. The van der Waals surface area contributed by atoms with Gasteiger partial charge in [-0.05, 0) is 55.9 Å². The van der Waals surface area contributed by atoms with Gasteiger partial charge in [-0.1, -0.05) is 49.4 Å². The lowest BCUT2D eigenvalue weighted by atomic mass is 9.97. The lowest BCUT2D eigenvalue weighted by molar-refractivity contribution is 0.655. The van der Waals surface area contributed by atoms with Gasteiger partial charge in [-0.3, -0.25) is 4.99 Å². The summed E-state index contributed by atoms with van der Waals surface area (Å²) in [6.07, 6.45) is 4.94. The predicted octanol–water partition coefficient (Wildman–Crippen LogP) is 4.36. The molecule has 32 heavy (non-hydrogen) atoms. The maximum Gasteiger partial charge on any atom is 0.120 e. The molecule has 0 bridgehead atoms. The van der Waals surface area contributed by atoms with E-state index < -0.39 is 0 Å². The second kappa shape index (κ2) is 12.0. The third-order valence-electron chi connectivity index (χ3n) is 5.31. The molecular weight excluding hydrogens is 396 g/mol. The van der Waals surface area contributed by atoms with E-state index in [1.807, 2.05) is 19.4 Å². The first-order chi connectivity index (χ1) is 15.7. The molecule has 2 aromatic carbocycles. The van der Waals surface area contributed by atoms with E-state index in [4.69, 9.17) is 0 Å². The molecular formula is C26H34N6. The minimum absolute atomic E-state index is 0.762. The summed E-state index contributed by atoms with van der Waals surface area (Å²) in [6, 6.07) is 15.0. The second-order valence-corrected chi connectivity index (χ2v) is 7.77. The molecule has 168 valence electrons. The maximum absolute atomic E-state index is 4.48. The van der Waals surface area contributed by atoms with Crippen molar-refractivity contribution in [3.05, 3.63) is 71.8 Å². The number of aromatic amines is 1. The topological polar surface area (TPSA) is 77.1 Å². The monoisotopic (exact) mass is 430 g/mol. The van der Waals surface area contributed by atoms with E-state index in [0.717, 1.165) is 60.9 Å². The molecule has 0 atom stereocenters. The van der Waals surface area contributed by atoms with Gasteiger partial charge in [0.15, 0.2) is 0 Å². The molecule has 0 radical (unpaired) electrons. The van der Waals surface area contributed by atoms with Gasteiger partial charge in [0.25, 0.3) is 0 Å². The summed E-state index contributed by atoms with van der Waals surface area (Å²) in [6.45, 7) is 11.5. The molecule has 0 amide bonds. The van der Waals surface area contributed by atoms with E-state index >= 15 is 0 Å². The Kier molecular flexibility index (Phi) is 8.78. The van der Waals surface area contributed by atoms with Gasteiger partial charge in [-0.25, -0.2) is 4.98 Å². The number of imidazole rings is 1.